The Hall–Kier alpha value is -6.84. The summed E-state index contributed by atoms with van der Waals surface area (Å²) in [6.07, 6.45) is 0. The smallest absolute Gasteiger partial charge is 0.147 e. The van der Waals surface area contributed by atoms with Gasteiger partial charge in [0.1, 0.15) is 22.3 Å². The van der Waals surface area contributed by atoms with Crippen LogP contribution in [0, 0.1) is 0 Å². The van der Waals surface area contributed by atoms with Crippen LogP contribution in [0.4, 0.5) is 0 Å². The van der Waals surface area contributed by atoms with Crippen LogP contribution in [0.2, 0.25) is 0 Å². The second kappa shape index (κ2) is 10.8. The second-order valence-electron chi connectivity index (χ2n) is 13.3. The van der Waals surface area contributed by atoms with Gasteiger partial charge in [0.25, 0.3) is 0 Å². The molecule has 0 atom stereocenters. The number of fused-ring (bicyclic) bond motifs is 10. The second-order valence-corrected chi connectivity index (χ2v) is 13.3. The van der Waals surface area contributed by atoms with E-state index < -0.39 is 0 Å². The number of aromatic nitrogens is 1. The molecule has 0 spiro atoms. The Labute approximate surface area is 293 Å². The monoisotopic (exact) mass is 651 g/mol. The largest absolute Gasteiger partial charge is 0.456 e. The Morgan fingerprint density at radius 2 is 0.922 bits per heavy atom. The number of benzene rings is 8. The summed E-state index contributed by atoms with van der Waals surface area (Å²) in [5.74, 6) is 0. The number of rotatable bonds is 4. The van der Waals surface area contributed by atoms with E-state index >= 15 is 0 Å². The minimum atomic E-state index is 0.839. The number of hydrogen-bond donors (Lipinski definition) is 0. The van der Waals surface area contributed by atoms with Gasteiger partial charge in [0.15, 0.2) is 0 Å². The van der Waals surface area contributed by atoms with E-state index in [2.05, 4.69) is 162 Å². The van der Waals surface area contributed by atoms with Crippen molar-refractivity contribution in [3.05, 3.63) is 176 Å². The van der Waals surface area contributed by atoms with Crippen LogP contribution in [-0.2, 0) is 0 Å². The zero-order valence-corrected chi connectivity index (χ0v) is 27.5. The zero-order chi connectivity index (χ0) is 33.5. The molecule has 51 heavy (non-hydrogen) atoms. The third kappa shape index (κ3) is 4.25. The average molecular weight is 652 g/mol. The van der Waals surface area contributed by atoms with E-state index in [-0.39, 0.29) is 0 Å². The van der Waals surface area contributed by atoms with Gasteiger partial charge in [0, 0.05) is 38.2 Å². The van der Waals surface area contributed by atoms with E-state index in [0.717, 1.165) is 60.7 Å². The molecule has 0 fully saturated rings. The standard InChI is InChI=1S/C48H29NO2/c1-3-10-30(11-4-1)33-20-25-42-40(28-33)41-29-34(31-12-5-2-6-13-31)21-26-43(41)49(42)35-22-18-32(19-23-35)36-15-9-16-37-38-24-27-45-46(48(38)51-47(36)37)39-14-7-8-17-44(39)50-45/h1-29H. The van der Waals surface area contributed by atoms with Crippen molar-refractivity contribution >= 4 is 65.7 Å². The first-order valence-corrected chi connectivity index (χ1v) is 17.3. The first kappa shape index (κ1) is 28.0. The van der Waals surface area contributed by atoms with Crippen molar-refractivity contribution in [3.63, 3.8) is 0 Å². The van der Waals surface area contributed by atoms with Gasteiger partial charge in [0.05, 0.1) is 16.4 Å². The molecule has 3 heteroatoms. The lowest BCUT2D eigenvalue weighted by Gasteiger charge is -2.10. The van der Waals surface area contributed by atoms with Gasteiger partial charge in [-0.25, -0.2) is 0 Å². The molecular formula is C48H29NO2. The highest BCUT2D eigenvalue weighted by atomic mass is 16.3. The van der Waals surface area contributed by atoms with Crippen LogP contribution in [0.5, 0.6) is 0 Å². The topological polar surface area (TPSA) is 31.2 Å². The Bertz CT molecular complexity index is 3010. The molecule has 3 heterocycles. The lowest BCUT2D eigenvalue weighted by molar-refractivity contribution is 0.663. The van der Waals surface area contributed by atoms with E-state index in [4.69, 9.17) is 8.83 Å². The molecule has 11 rings (SSSR count). The lowest BCUT2D eigenvalue weighted by atomic mass is 10.0. The van der Waals surface area contributed by atoms with Crippen LogP contribution in [0.25, 0.3) is 105 Å². The third-order valence-electron chi connectivity index (χ3n) is 10.4. The highest BCUT2D eigenvalue weighted by Crippen LogP contribution is 2.42. The number of hydrogen-bond acceptors (Lipinski definition) is 2. The molecule has 0 radical (unpaired) electrons. The van der Waals surface area contributed by atoms with Gasteiger partial charge in [-0.3, -0.25) is 0 Å². The number of para-hydroxylation sites is 2. The van der Waals surface area contributed by atoms with Gasteiger partial charge in [-0.05, 0) is 82.4 Å². The molecule has 3 aromatic heterocycles. The molecule has 8 aromatic carbocycles. The maximum atomic E-state index is 6.77. The van der Waals surface area contributed by atoms with Gasteiger partial charge < -0.3 is 13.4 Å². The van der Waals surface area contributed by atoms with Crippen LogP contribution in [0.1, 0.15) is 0 Å². The first-order valence-electron chi connectivity index (χ1n) is 17.3. The molecule has 0 amide bonds. The van der Waals surface area contributed by atoms with Crippen LogP contribution in [0.15, 0.2) is 185 Å². The van der Waals surface area contributed by atoms with Crippen molar-refractivity contribution in [3.8, 4) is 39.1 Å². The highest BCUT2D eigenvalue weighted by molar-refractivity contribution is 6.23. The SMILES string of the molecule is c1ccc(-c2ccc3c(c2)c2cc(-c4ccccc4)ccc2n3-c2ccc(-c3cccc4c3oc3c4ccc4oc5ccccc5c43)cc2)cc1. The molecule has 0 saturated heterocycles. The van der Waals surface area contributed by atoms with E-state index in [1.54, 1.807) is 0 Å². The van der Waals surface area contributed by atoms with Crippen LogP contribution in [-0.4, -0.2) is 4.57 Å². The molecule has 0 aliphatic heterocycles. The summed E-state index contributed by atoms with van der Waals surface area (Å²) in [4.78, 5) is 0. The summed E-state index contributed by atoms with van der Waals surface area (Å²) in [5, 5.41) is 6.76. The molecule has 0 aliphatic rings. The van der Waals surface area contributed by atoms with Gasteiger partial charge in [0.2, 0.25) is 0 Å². The van der Waals surface area contributed by atoms with Crippen LogP contribution < -0.4 is 0 Å². The quantitative estimate of drug-likeness (QED) is 0.190. The van der Waals surface area contributed by atoms with E-state index in [1.165, 1.54) is 44.1 Å². The van der Waals surface area contributed by atoms with Crippen LogP contribution >= 0.6 is 0 Å². The van der Waals surface area contributed by atoms with Crippen molar-refractivity contribution < 1.29 is 8.83 Å². The minimum absolute atomic E-state index is 0.839. The Balaban J connectivity index is 1.08. The van der Waals surface area contributed by atoms with Crippen LogP contribution in [0.3, 0.4) is 0 Å². The van der Waals surface area contributed by atoms with E-state index in [1.807, 2.05) is 18.2 Å². The van der Waals surface area contributed by atoms with E-state index in [0.29, 0.717) is 0 Å². The fourth-order valence-corrected chi connectivity index (χ4v) is 8.00. The lowest BCUT2D eigenvalue weighted by Crippen LogP contribution is -1.94. The molecule has 0 bridgehead atoms. The van der Waals surface area contributed by atoms with Gasteiger partial charge in [-0.2, -0.15) is 0 Å². The molecule has 11 aromatic rings. The molecule has 0 saturated carbocycles. The third-order valence-corrected chi connectivity index (χ3v) is 10.4. The minimum Gasteiger partial charge on any atom is -0.456 e. The highest BCUT2D eigenvalue weighted by Gasteiger charge is 2.19. The van der Waals surface area contributed by atoms with Crippen molar-refractivity contribution in [1.82, 2.24) is 4.57 Å². The molecular weight excluding hydrogens is 623 g/mol. The number of furan rings is 2. The predicted octanol–water partition coefficient (Wildman–Crippen LogP) is 13.6. The normalized spacial score (nSPS) is 11.9. The summed E-state index contributed by atoms with van der Waals surface area (Å²) < 4.78 is 15.3. The average Bonchev–Trinajstić information content (AvgIpc) is 3.87. The summed E-state index contributed by atoms with van der Waals surface area (Å²) in [6.45, 7) is 0. The predicted molar refractivity (Wildman–Crippen MR) is 212 cm³/mol. The van der Waals surface area contributed by atoms with E-state index in [9.17, 15) is 0 Å². The van der Waals surface area contributed by atoms with Gasteiger partial charge >= 0.3 is 0 Å². The molecule has 0 unspecified atom stereocenters. The maximum Gasteiger partial charge on any atom is 0.147 e. The summed E-state index contributed by atoms with van der Waals surface area (Å²) >= 11 is 0. The number of nitrogens with zero attached hydrogens (tertiary/aromatic N) is 1. The van der Waals surface area contributed by atoms with Crippen molar-refractivity contribution in [2.75, 3.05) is 0 Å². The summed E-state index contributed by atoms with van der Waals surface area (Å²) in [7, 11) is 0. The Kier molecular flexibility index (Phi) is 5.96. The fourth-order valence-electron chi connectivity index (χ4n) is 8.00. The van der Waals surface area contributed by atoms with Crippen molar-refractivity contribution in [2.24, 2.45) is 0 Å². The summed E-state index contributed by atoms with van der Waals surface area (Å²) in [5.41, 5.74) is 14.0. The summed E-state index contributed by atoms with van der Waals surface area (Å²) in [6, 6.07) is 62.6. The Morgan fingerprint density at radius 1 is 0.333 bits per heavy atom. The van der Waals surface area contributed by atoms with Gasteiger partial charge in [-0.15, -0.1) is 0 Å². The Morgan fingerprint density at radius 3 is 1.61 bits per heavy atom. The molecule has 0 aliphatic carbocycles. The molecule has 0 N–H and O–H groups in total. The van der Waals surface area contributed by atoms with Crippen molar-refractivity contribution in [1.29, 1.82) is 0 Å². The zero-order valence-electron chi connectivity index (χ0n) is 27.5. The fraction of sp³-hybridized carbons (Fsp3) is 0. The maximum absolute atomic E-state index is 6.77. The molecule has 238 valence electrons. The molecule has 3 nitrogen and oxygen atoms in total. The first-order chi connectivity index (χ1) is 25.3. The van der Waals surface area contributed by atoms with Crippen molar-refractivity contribution in [2.45, 2.75) is 0 Å². The van der Waals surface area contributed by atoms with Gasteiger partial charge in [-0.1, -0.05) is 121 Å².